The van der Waals surface area contributed by atoms with E-state index in [1.807, 2.05) is 6.07 Å². The molecular formula is C17H25ClFN. The Labute approximate surface area is 126 Å². The van der Waals surface area contributed by atoms with Gasteiger partial charge in [-0.2, -0.15) is 0 Å². The molecule has 1 aliphatic rings. The van der Waals surface area contributed by atoms with Crippen molar-refractivity contribution in [3.63, 3.8) is 0 Å². The number of nitrogens with one attached hydrogen (secondary N) is 1. The van der Waals surface area contributed by atoms with Crippen molar-refractivity contribution < 1.29 is 4.39 Å². The summed E-state index contributed by atoms with van der Waals surface area (Å²) in [6.45, 7) is 3.29. The minimum Gasteiger partial charge on any atom is -0.314 e. The average Bonchev–Trinajstić information content (AvgIpc) is 2.95. The highest BCUT2D eigenvalue weighted by Crippen LogP contribution is 2.30. The quantitative estimate of drug-likeness (QED) is 0.749. The zero-order chi connectivity index (χ0) is 14.4. The van der Waals surface area contributed by atoms with E-state index in [4.69, 9.17) is 11.6 Å². The first-order chi connectivity index (χ1) is 9.70. The predicted molar refractivity (Wildman–Crippen MR) is 83.8 cm³/mol. The lowest BCUT2D eigenvalue weighted by atomic mass is 9.92. The Morgan fingerprint density at radius 2 is 2.10 bits per heavy atom. The van der Waals surface area contributed by atoms with Gasteiger partial charge in [-0.1, -0.05) is 37.4 Å². The molecule has 1 atom stereocenters. The second-order valence-corrected chi connectivity index (χ2v) is 6.29. The van der Waals surface area contributed by atoms with Crippen LogP contribution >= 0.6 is 11.6 Å². The van der Waals surface area contributed by atoms with Gasteiger partial charge in [-0.3, -0.25) is 0 Å². The molecule has 1 aromatic rings. The first-order valence-corrected chi connectivity index (χ1v) is 8.25. The highest BCUT2D eigenvalue weighted by atomic mass is 35.5. The van der Waals surface area contributed by atoms with Crippen LogP contribution in [0.1, 0.15) is 51.0 Å². The smallest absolute Gasteiger partial charge is 0.124 e. The molecule has 1 aromatic carbocycles. The van der Waals surface area contributed by atoms with E-state index in [2.05, 4.69) is 12.2 Å². The van der Waals surface area contributed by atoms with Gasteiger partial charge in [0.25, 0.3) is 0 Å². The molecule has 20 heavy (non-hydrogen) atoms. The molecule has 0 spiro atoms. The average molecular weight is 298 g/mol. The van der Waals surface area contributed by atoms with E-state index < -0.39 is 0 Å². The Kier molecular flexibility index (Phi) is 6.31. The molecule has 112 valence electrons. The summed E-state index contributed by atoms with van der Waals surface area (Å²) in [5.74, 6) is 0.552. The molecule has 1 nitrogen and oxygen atoms in total. The molecular weight excluding hydrogens is 273 g/mol. The van der Waals surface area contributed by atoms with Crippen LogP contribution in [0.4, 0.5) is 4.39 Å². The summed E-state index contributed by atoms with van der Waals surface area (Å²) in [7, 11) is 0. The van der Waals surface area contributed by atoms with Gasteiger partial charge in [0.05, 0.1) is 0 Å². The van der Waals surface area contributed by atoms with Crippen LogP contribution in [-0.4, -0.2) is 12.6 Å². The van der Waals surface area contributed by atoms with E-state index >= 15 is 0 Å². The number of hydrogen-bond donors (Lipinski definition) is 1. The summed E-state index contributed by atoms with van der Waals surface area (Å²) in [5, 5.41) is 4.26. The van der Waals surface area contributed by atoms with Gasteiger partial charge in [0.15, 0.2) is 0 Å². The largest absolute Gasteiger partial charge is 0.314 e. The molecule has 1 saturated carbocycles. The summed E-state index contributed by atoms with van der Waals surface area (Å²) in [4.78, 5) is 0. The van der Waals surface area contributed by atoms with E-state index in [1.54, 1.807) is 0 Å². The lowest BCUT2D eigenvalue weighted by Crippen LogP contribution is -2.36. The maximum atomic E-state index is 13.1. The molecule has 0 aliphatic heterocycles. The summed E-state index contributed by atoms with van der Waals surface area (Å²) in [5.41, 5.74) is 1.06. The number of rotatable bonds is 7. The highest BCUT2D eigenvalue weighted by Gasteiger charge is 2.24. The van der Waals surface area contributed by atoms with Crippen LogP contribution in [0, 0.1) is 11.7 Å². The first-order valence-electron chi connectivity index (χ1n) is 7.88. The lowest BCUT2D eigenvalue weighted by molar-refractivity contribution is 0.341. The van der Waals surface area contributed by atoms with Crippen molar-refractivity contribution in [2.24, 2.45) is 5.92 Å². The monoisotopic (exact) mass is 297 g/mol. The molecule has 0 saturated heterocycles. The Hall–Kier alpha value is -0.600. The molecule has 1 aliphatic carbocycles. The molecule has 1 fully saturated rings. The van der Waals surface area contributed by atoms with Crippen molar-refractivity contribution in [2.45, 2.75) is 57.9 Å². The zero-order valence-corrected chi connectivity index (χ0v) is 13.1. The maximum Gasteiger partial charge on any atom is 0.124 e. The van der Waals surface area contributed by atoms with Crippen molar-refractivity contribution in [1.82, 2.24) is 5.32 Å². The normalized spacial score (nSPS) is 17.6. The van der Waals surface area contributed by atoms with Crippen molar-refractivity contribution >= 4 is 11.6 Å². The van der Waals surface area contributed by atoms with E-state index in [1.165, 1.54) is 44.2 Å². The fourth-order valence-corrected chi connectivity index (χ4v) is 3.49. The Balaban J connectivity index is 1.93. The van der Waals surface area contributed by atoms with E-state index in [0.717, 1.165) is 30.9 Å². The van der Waals surface area contributed by atoms with Crippen LogP contribution in [0.5, 0.6) is 0 Å². The minimum atomic E-state index is -0.254. The Bertz CT molecular complexity index is 415. The third-order valence-electron chi connectivity index (χ3n) is 4.37. The molecule has 2 rings (SSSR count). The SMILES string of the molecule is CCCNC(CCc1ccc(F)cc1Cl)C1CCCC1. The van der Waals surface area contributed by atoms with Crippen LogP contribution in [0.2, 0.25) is 5.02 Å². The Morgan fingerprint density at radius 1 is 1.35 bits per heavy atom. The first kappa shape index (κ1) is 15.8. The second kappa shape index (κ2) is 7.99. The Morgan fingerprint density at radius 3 is 2.75 bits per heavy atom. The van der Waals surface area contributed by atoms with Crippen LogP contribution in [-0.2, 0) is 6.42 Å². The number of benzene rings is 1. The van der Waals surface area contributed by atoms with Crippen molar-refractivity contribution in [2.75, 3.05) is 6.54 Å². The third-order valence-corrected chi connectivity index (χ3v) is 4.72. The zero-order valence-electron chi connectivity index (χ0n) is 12.3. The second-order valence-electron chi connectivity index (χ2n) is 5.88. The third kappa shape index (κ3) is 4.46. The fourth-order valence-electron chi connectivity index (χ4n) is 3.23. The van der Waals surface area contributed by atoms with Crippen molar-refractivity contribution in [3.05, 3.63) is 34.6 Å². The highest BCUT2D eigenvalue weighted by molar-refractivity contribution is 6.31. The molecule has 1 N–H and O–H groups in total. The van der Waals surface area contributed by atoms with Crippen LogP contribution < -0.4 is 5.32 Å². The number of aryl methyl sites for hydroxylation is 1. The van der Waals surface area contributed by atoms with Crippen LogP contribution in [0.25, 0.3) is 0 Å². The fraction of sp³-hybridized carbons (Fsp3) is 0.647. The van der Waals surface area contributed by atoms with Gasteiger partial charge >= 0.3 is 0 Å². The van der Waals surface area contributed by atoms with Crippen LogP contribution in [0.3, 0.4) is 0 Å². The lowest BCUT2D eigenvalue weighted by Gasteiger charge is -2.25. The van der Waals surface area contributed by atoms with Gasteiger partial charge in [0, 0.05) is 11.1 Å². The van der Waals surface area contributed by atoms with Gasteiger partial charge in [-0.15, -0.1) is 0 Å². The summed E-state index contributed by atoms with van der Waals surface area (Å²) >= 11 is 6.12. The molecule has 0 heterocycles. The van der Waals surface area contributed by atoms with Gasteiger partial charge in [-0.25, -0.2) is 4.39 Å². The minimum absolute atomic E-state index is 0.254. The number of halogens is 2. The molecule has 0 amide bonds. The van der Waals surface area contributed by atoms with Crippen molar-refractivity contribution in [1.29, 1.82) is 0 Å². The van der Waals surface area contributed by atoms with E-state index in [9.17, 15) is 4.39 Å². The molecule has 0 radical (unpaired) electrons. The molecule has 0 bridgehead atoms. The van der Waals surface area contributed by atoms with Gasteiger partial charge in [0.1, 0.15) is 5.82 Å². The molecule has 1 unspecified atom stereocenters. The van der Waals surface area contributed by atoms with Crippen molar-refractivity contribution in [3.8, 4) is 0 Å². The predicted octanol–water partition coefficient (Wildman–Crippen LogP) is 4.97. The van der Waals surface area contributed by atoms with E-state index in [0.29, 0.717) is 11.1 Å². The van der Waals surface area contributed by atoms with Gasteiger partial charge in [0.2, 0.25) is 0 Å². The summed E-state index contributed by atoms with van der Waals surface area (Å²) in [6.07, 6.45) is 8.61. The summed E-state index contributed by atoms with van der Waals surface area (Å²) in [6, 6.07) is 5.33. The maximum absolute atomic E-state index is 13.1. The standard InChI is InChI=1S/C17H25ClFN/c1-2-11-20-17(14-5-3-4-6-14)10-8-13-7-9-15(19)12-16(13)18/h7,9,12,14,17,20H,2-6,8,10-11H2,1H3. The van der Waals surface area contributed by atoms with Gasteiger partial charge in [-0.05, 0) is 62.3 Å². The van der Waals surface area contributed by atoms with E-state index in [-0.39, 0.29) is 5.82 Å². The van der Waals surface area contributed by atoms with Gasteiger partial charge < -0.3 is 5.32 Å². The number of hydrogen-bond acceptors (Lipinski definition) is 1. The van der Waals surface area contributed by atoms with Crippen LogP contribution in [0.15, 0.2) is 18.2 Å². The summed E-state index contributed by atoms with van der Waals surface area (Å²) < 4.78 is 13.1. The molecule has 0 aromatic heterocycles. The topological polar surface area (TPSA) is 12.0 Å². The molecule has 3 heteroatoms.